The van der Waals surface area contributed by atoms with Gasteiger partial charge < -0.3 is 5.32 Å². The minimum atomic E-state index is -3.22. The maximum atomic E-state index is 12.1. The van der Waals surface area contributed by atoms with E-state index in [1.165, 1.54) is 11.8 Å². The summed E-state index contributed by atoms with van der Waals surface area (Å²) in [6.45, 7) is 1.41. The first kappa shape index (κ1) is 11.0. The second-order valence-electron chi connectivity index (χ2n) is 3.28. The first-order valence-corrected chi connectivity index (χ1v) is 7.34. The normalized spacial score (nSPS) is 22.5. The van der Waals surface area contributed by atoms with E-state index in [9.17, 15) is 8.42 Å². The van der Waals surface area contributed by atoms with E-state index in [0.717, 1.165) is 12.3 Å². The summed E-state index contributed by atoms with van der Waals surface area (Å²) >= 11 is 1.49. The molecule has 0 aromatic heterocycles. The van der Waals surface area contributed by atoms with E-state index < -0.39 is 9.84 Å². The molecule has 1 aliphatic rings. The first-order chi connectivity index (χ1) is 7.21. The number of hydrogen-bond acceptors (Lipinski definition) is 4. The molecule has 1 N–H and O–H groups in total. The molecule has 0 bridgehead atoms. The summed E-state index contributed by atoms with van der Waals surface area (Å²) in [7, 11) is -3.22. The first-order valence-electron chi connectivity index (χ1n) is 4.74. The Morgan fingerprint density at radius 2 is 2.33 bits per heavy atom. The molecule has 1 radical (unpaired) electrons. The standard InChI is InChI=1S/C10H12NO2S2/c12-15(13,9-4-2-1-3-5-9)10-8-11-6-7-14-10/h1-4,10-11H,6-8H2. The second-order valence-corrected chi connectivity index (χ2v) is 6.98. The average Bonchev–Trinajstić information content (AvgIpc) is 2.31. The summed E-state index contributed by atoms with van der Waals surface area (Å²) in [5, 5.41) is 3.10. The molecule has 1 unspecified atom stereocenters. The van der Waals surface area contributed by atoms with Crippen LogP contribution in [0.25, 0.3) is 0 Å². The maximum Gasteiger partial charge on any atom is 0.192 e. The fraction of sp³-hybridized carbons (Fsp3) is 0.400. The van der Waals surface area contributed by atoms with Crippen molar-refractivity contribution >= 4 is 21.6 Å². The van der Waals surface area contributed by atoms with Gasteiger partial charge in [-0.25, -0.2) is 8.42 Å². The van der Waals surface area contributed by atoms with E-state index in [2.05, 4.69) is 11.4 Å². The van der Waals surface area contributed by atoms with Crippen LogP contribution in [0, 0.1) is 6.07 Å². The lowest BCUT2D eigenvalue weighted by Gasteiger charge is -2.22. The fourth-order valence-corrected chi connectivity index (χ4v) is 4.63. The van der Waals surface area contributed by atoms with E-state index >= 15 is 0 Å². The number of sulfone groups is 1. The molecule has 3 nitrogen and oxygen atoms in total. The van der Waals surface area contributed by atoms with Crippen LogP contribution in [-0.4, -0.2) is 31.8 Å². The number of thioether (sulfide) groups is 1. The van der Waals surface area contributed by atoms with Gasteiger partial charge >= 0.3 is 0 Å². The minimum absolute atomic E-state index is 0.297. The molecule has 0 aliphatic carbocycles. The Kier molecular flexibility index (Phi) is 3.33. The lowest BCUT2D eigenvalue weighted by Crippen LogP contribution is -2.37. The van der Waals surface area contributed by atoms with Crippen molar-refractivity contribution in [3.63, 3.8) is 0 Å². The van der Waals surface area contributed by atoms with Crippen LogP contribution >= 0.6 is 11.8 Å². The highest BCUT2D eigenvalue weighted by Crippen LogP contribution is 2.25. The fourth-order valence-electron chi connectivity index (χ4n) is 1.44. The third-order valence-electron chi connectivity index (χ3n) is 2.23. The zero-order chi connectivity index (χ0) is 10.7. The van der Waals surface area contributed by atoms with Gasteiger partial charge in [-0.3, -0.25) is 0 Å². The SMILES string of the molecule is O=S(=O)(c1[c]cccc1)C1CNCCS1. The van der Waals surface area contributed by atoms with E-state index in [-0.39, 0.29) is 4.58 Å². The van der Waals surface area contributed by atoms with Gasteiger partial charge in [0.15, 0.2) is 9.84 Å². The molecule has 1 aliphatic heterocycles. The topological polar surface area (TPSA) is 46.2 Å². The van der Waals surface area contributed by atoms with Gasteiger partial charge in [-0.2, -0.15) is 0 Å². The molecule has 15 heavy (non-hydrogen) atoms. The molecular formula is C10H12NO2S2. The molecular weight excluding hydrogens is 230 g/mol. The molecule has 1 fully saturated rings. The van der Waals surface area contributed by atoms with Crippen LogP contribution in [0.1, 0.15) is 0 Å². The third kappa shape index (κ3) is 2.35. The highest BCUT2D eigenvalue weighted by atomic mass is 32.3. The lowest BCUT2D eigenvalue weighted by atomic mass is 10.4. The minimum Gasteiger partial charge on any atom is -0.314 e. The summed E-state index contributed by atoms with van der Waals surface area (Å²) in [6.07, 6.45) is 0. The maximum absolute atomic E-state index is 12.1. The lowest BCUT2D eigenvalue weighted by molar-refractivity contribution is 0.586. The Bertz CT molecular complexity index is 410. The van der Waals surface area contributed by atoms with Gasteiger partial charge in [0.05, 0.1) is 4.90 Å². The van der Waals surface area contributed by atoms with E-state index in [1.54, 1.807) is 24.3 Å². The van der Waals surface area contributed by atoms with E-state index in [1.807, 2.05) is 0 Å². The molecule has 0 saturated carbocycles. The van der Waals surface area contributed by atoms with E-state index in [0.29, 0.717) is 11.4 Å². The van der Waals surface area contributed by atoms with Gasteiger partial charge in [0.25, 0.3) is 0 Å². The van der Waals surface area contributed by atoms with Gasteiger partial charge in [0.2, 0.25) is 0 Å². The Labute approximate surface area is 94.2 Å². The molecule has 1 saturated heterocycles. The van der Waals surface area contributed by atoms with Gasteiger partial charge in [0, 0.05) is 24.9 Å². The molecule has 1 heterocycles. The third-order valence-corrected chi connectivity index (χ3v) is 6.10. The molecule has 0 spiro atoms. The van der Waals surface area contributed by atoms with Gasteiger partial charge in [-0.15, -0.1) is 11.8 Å². The van der Waals surface area contributed by atoms with Crippen LogP contribution in [0.3, 0.4) is 0 Å². The predicted octanol–water partition coefficient (Wildman–Crippen LogP) is 0.923. The van der Waals surface area contributed by atoms with Gasteiger partial charge in [-0.1, -0.05) is 18.2 Å². The van der Waals surface area contributed by atoms with Crippen molar-refractivity contribution in [2.24, 2.45) is 0 Å². The van der Waals surface area contributed by atoms with Crippen LogP contribution < -0.4 is 5.32 Å². The summed E-state index contributed by atoms with van der Waals surface area (Å²) in [5.41, 5.74) is 0. The quantitative estimate of drug-likeness (QED) is 0.838. The van der Waals surface area contributed by atoms with Gasteiger partial charge in [0.1, 0.15) is 4.58 Å². The Morgan fingerprint density at radius 1 is 1.47 bits per heavy atom. The Morgan fingerprint density at radius 3 is 2.93 bits per heavy atom. The van der Waals surface area contributed by atoms with Gasteiger partial charge in [-0.05, 0) is 6.07 Å². The monoisotopic (exact) mass is 242 g/mol. The van der Waals surface area contributed by atoms with Crippen LogP contribution in [0.5, 0.6) is 0 Å². The van der Waals surface area contributed by atoms with Crippen LogP contribution in [-0.2, 0) is 9.84 Å². The summed E-state index contributed by atoms with van der Waals surface area (Å²) < 4.78 is 23.8. The summed E-state index contributed by atoms with van der Waals surface area (Å²) in [5.74, 6) is 0.844. The molecule has 1 atom stereocenters. The highest BCUT2D eigenvalue weighted by molar-refractivity contribution is 8.13. The van der Waals surface area contributed by atoms with Crippen molar-refractivity contribution < 1.29 is 8.42 Å². The highest BCUT2D eigenvalue weighted by Gasteiger charge is 2.29. The van der Waals surface area contributed by atoms with Crippen molar-refractivity contribution in [1.29, 1.82) is 0 Å². The average molecular weight is 242 g/mol. The number of nitrogens with one attached hydrogen (secondary N) is 1. The number of rotatable bonds is 2. The van der Waals surface area contributed by atoms with Crippen LogP contribution in [0.2, 0.25) is 0 Å². The summed E-state index contributed by atoms with van der Waals surface area (Å²) in [6, 6.07) is 9.51. The molecule has 1 aromatic carbocycles. The molecule has 1 aromatic rings. The zero-order valence-corrected chi connectivity index (χ0v) is 9.77. The second kappa shape index (κ2) is 4.55. The largest absolute Gasteiger partial charge is 0.314 e. The molecule has 81 valence electrons. The van der Waals surface area contributed by atoms with Crippen molar-refractivity contribution in [2.75, 3.05) is 18.8 Å². The van der Waals surface area contributed by atoms with Crippen LogP contribution in [0.4, 0.5) is 0 Å². The van der Waals surface area contributed by atoms with Crippen molar-refractivity contribution in [3.05, 3.63) is 30.3 Å². The van der Waals surface area contributed by atoms with Crippen molar-refractivity contribution in [1.82, 2.24) is 5.32 Å². The Hall–Kier alpha value is -0.520. The number of benzene rings is 1. The molecule has 5 heteroatoms. The molecule has 2 rings (SSSR count). The summed E-state index contributed by atoms with van der Waals surface area (Å²) in [4.78, 5) is 0.297. The Balaban J connectivity index is 2.26. The van der Waals surface area contributed by atoms with Crippen molar-refractivity contribution in [3.8, 4) is 0 Å². The zero-order valence-electron chi connectivity index (χ0n) is 8.14. The van der Waals surface area contributed by atoms with Crippen molar-refractivity contribution in [2.45, 2.75) is 9.48 Å². The predicted molar refractivity (Wildman–Crippen MR) is 61.6 cm³/mol. The van der Waals surface area contributed by atoms with E-state index in [4.69, 9.17) is 0 Å². The van der Waals surface area contributed by atoms with Crippen LogP contribution in [0.15, 0.2) is 29.2 Å². The smallest absolute Gasteiger partial charge is 0.192 e. The number of hydrogen-bond donors (Lipinski definition) is 1. The molecule has 0 amide bonds.